The molecule has 0 saturated heterocycles. The number of nitrogens with one attached hydrogen (secondary N) is 1. The van der Waals surface area contributed by atoms with Crippen molar-refractivity contribution in [2.24, 2.45) is 0 Å². The van der Waals surface area contributed by atoms with E-state index < -0.39 is 0 Å². The third-order valence-electron chi connectivity index (χ3n) is 2.55. The fourth-order valence-electron chi connectivity index (χ4n) is 1.72. The molecule has 1 aromatic carbocycles. The molecule has 0 spiro atoms. The average Bonchev–Trinajstić information content (AvgIpc) is 2.16. The summed E-state index contributed by atoms with van der Waals surface area (Å²) in [5, 5.41) is 3.52. The summed E-state index contributed by atoms with van der Waals surface area (Å²) < 4.78 is 0. The van der Waals surface area contributed by atoms with Crippen LogP contribution in [0.1, 0.15) is 38.8 Å². The van der Waals surface area contributed by atoms with E-state index in [2.05, 4.69) is 57.3 Å². The molecule has 1 rings (SSSR count). The molecule has 1 nitrogen and oxygen atoms in total. The van der Waals surface area contributed by atoms with Gasteiger partial charge in [-0.2, -0.15) is 0 Å². The van der Waals surface area contributed by atoms with Gasteiger partial charge in [-0.1, -0.05) is 31.2 Å². The van der Waals surface area contributed by atoms with E-state index in [4.69, 9.17) is 0 Å². The Morgan fingerprint density at radius 1 is 1.07 bits per heavy atom. The fourth-order valence-corrected chi connectivity index (χ4v) is 1.72. The standard InChI is InChI=1S/C14H23N/c1-5-12-8-6-7-9-13(12)10-11-15-14(2,3)4/h6-9,15H,5,10-11H2,1-4H3. The molecule has 1 aromatic rings. The highest BCUT2D eigenvalue weighted by atomic mass is 14.9. The summed E-state index contributed by atoms with van der Waals surface area (Å²) in [5.41, 5.74) is 3.19. The molecule has 0 aliphatic heterocycles. The van der Waals surface area contributed by atoms with Crippen molar-refractivity contribution in [3.63, 3.8) is 0 Å². The smallest absolute Gasteiger partial charge is 0.00966 e. The largest absolute Gasteiger partial charge is 0.312 e. The zero-order valence-corrected chi connectivity index (χ0v) is 10.4. The third-order valence-corrected chi connectivity index (χ3v) is 2.55. The highest BCUT2D eigenvalue weighted by Gasteiger charge is 2.08. The van der Waals surface area contributed by atoms with E-state index in [-0.39, 0.29) is 5.54 Å². The molecule has 0 radical (unpaired) electrons. The zero-order valence-electron chi connectivity index (χ0n) is 10.4. The molecule has 0 fully saturated rings. The molecular formula is C14H23N. The van der Waals surface area contributed by atoms with Gasteiger partial charge in [0, 0.05) is 5.54 Å². The lowest BCUT2D eigenvalue weighted by molar-refractivity contribution is 0.429. The van der Waals surface area contributed by atoms with Gasteiger partial charge in [0.2, 0.25) is 0 Å². The van der Waals surface area contributed by atoms with E-state index in [1.807, 2.05) is 0 Å². The van der Waals surface area contributed by atoms with Gasteiger partial charge in [-0.05, 0) is 51.3 Å². The lowest BCUT2D eigenvalue weighted by Crippen LogP contribution is -2.37. The Hall–Kier alpha value is -0.820. The molecule has 0 aliphatic rings. The second-order valence-electron chi connectivity index (χ2n) is 5.05. The summed E-state index contributed by atoms with van der Waals surface area (Å²) in [5.74, 6) is 0. The second-order valence-corrected chi connectivity index (χ2v) is 5.05. The van der Waals surface area contributed by atoms with Crippen molar-refractivity contribution in [3.05, 3.63) is 35.4 Å². The Kier molecular flexibility index (Phi) is 4.34. The van der Waals surface area contributed by atoms with Crippen LogP contribution in [0.2, 0.25) is 0 Å². The van der Waals surface area contributed by atoms with Crippen molar-refractivity contribution >= 4 is 0 Å². The second kappa shape index (κ2) is 5.32. The maximum Gasteiger partial charge on any atom is 0.00966 e. The highest BCUT2D eigenvalue weighted by Crippen LogP contribution is 2.10. The van der Waals surface area contributed by atoms with Gasteiger partial charge in [-0.15, -0.1) is 0 Å². The Labute approximate surface area is 93.9 Å². The van der Waals surface area contributed by atoms with Crippen molar-refractivity contribution in [3.8, 4) is 0 Å². The first-order valence-electron chi connectivity index (χ1n) is 5.85. The van der Waals surface area contributed by atoms with Crippen LogP contribution >= 0.6 is 0 Å². The minimum absolute atomic E-state index is 0.223. The molecule has 0 bridgehead atoms. The topological polar surface area (TPSA) is 12.0 Å². The number of aryl methyl sites for hydroxylation is 1. The maximum absolute atomic E-state index is 3.52. The molecule has 0 aromatic heterocycles. The van der Waals surface area contributed by atoms with Crippen molar-refractivity contribution in [1.29, 1.82) is 0 Å². The quantitative estimate of drug-likeness (QED) is 0.796. The van der Waals surface area contributed by atoms with Crippen molar-refractivity contribution < 1.29 is 0 Å². The van der Waals surface area contributed by atoms with Gasteiger partial charge < -0.3 is 5.32 Å². The molecule has 0 amide bonds. The van der Waals surface area contributed by atoms with Crippen LogP contribution in [0.5, 0.6) is 0 Å². The number of hydrogen-bond donors (Lipinski definition) is 1. The van der Waals surface area contributed by atoms with Crippen LogP contribution in [0.4, 0.5) is 0 Å². The van der Waals surface area contributed by atoms with Gasteiger partial charge in [-0.25, -0.2) is 0 Å². The van der Waals surface area contributed by atoms with Crippen molar-refractivity contribution in [1.82, 2.24) is 5.32 Å². The number of benzene rings is 1. The minimum Gasteiger partial charge on any atom is -0.312 e. The SMILES string of the molecule is CCc1ccccc1CCNC(C)(C)C. The molecule has 1 N–H and O–H groups in total. The predicted molar refractivity (Wildman–Crippen MR) is 67.3 cm³/mol. The van der Waals surface area contributed by atoms with Gasteiger partial charge in [0.25, 0.3) is 0 Å². The fraction of sp³-hybridized carbons (Fsp3) is 0.571. The summed E-state index contributed by atoms with van der Waals surface area (Å²) in [6.07, 6.45) is 2.26. The van der Waals surface area contributed by atoms with Gasteiger partial charge in [-0.3, -0.25) is 0 Å². The minimum atomic E-state index is 0.223. The lowest BCUT2D eigenvalue weighted by atomic mass is 10.0. The molecule has 84 valence electrons. The van der Waals surface area contributed by atoms with Crippen molar-refractivity contribution in [2.75, 3.05) is 6.54 Å². The molecule has 0 saturated carbocycles. The Balaban J connectivity index is 2.50. The average molecular weight is 205 g/mol. The first-order valence-corrected chi connectivity index (χ1v) is 5.85. The first kappa shape index (κ1) is 12.3. The normalized spacial score (nSPS) is 11.7. The highest BCUT2D eigenvalue weighted by molar-refractivity contribution is 5.27. The molecule has 0 heterocycles. The number of rotatable bonds is 4. The predicted octanol–water partition coefficient (Wildman–Crippen LogP) is 3.18. The van der Waals surface area contributed by atoms with E-state index in [9.17, 15) is 0 Å². The van der Waals surface area contributed by atoms with Gasteiger partial charge in [0.15, 0.2) is 0 Å². The number of hydrogen-bond acceptors (Lipinski definition) is 1. The third kappa shape index (κ3) is 4.48. The van der Waals surface area contributed by atoms with Gasteiger partial charge in [0.1, 0.15) is 0 Å². The van der Waals surface area contributed by atoms with Crippen LogP contribution in [0.3, 0.4) is 0 Å². The van der Waals surface area contributed by atoms with Crippen LogP contribution in [-0.4, -0.2) is 12.1 Å². The van der Waals surface area contributed by atoms with E-state index in [1.54, 1.807) is 0 Å². The van der Waals surface area contributed by atoms with Crippen LogP contribution < -0.4 is 5.32 Å². The lowest BCUT2D eigenvalue weighted by Gasteiger charge is -2.20. The Bertz CT molecular complexity index is 296. The molecular weight excluding hydrogens is 182 g/mol. The molecule has 0 aliphatic carbocycles. The summed E-state index contributed by atoms with van der Waals surface area (Å²) >= 11 is 0. The maximum atomic E-state index is 3.52. The van der Waals surface area contributed by atoms with Gasteiger partial charge >= 0.3 is 0 Å². The van der Waals surface area contributed by atoms with E-state index in [1.165, 1.54) is 11.1 Å². The van der Waals surface area contributed by atoms with Crippen molar-refractivity contribution in [2.45, 2.75) is 46.1 Å². The van der Waals surface area contributed by atoms with E-state index >= 15 is 0 Å². The van der Waals surface area contributed by atoms with E-state index in [0.717, 1.165) is 19.4 Å². The molecule has 1 heteroatoms. The summed E-state index contributed by atoms with van der Waals surface area (Å²) in [4.78, 5) is 0. The summed E-state index contributed by atoms with van der Waals surface area (Å²) in [6, 6.07) is 8.72. The van der Waals surface area contributed by atoms with Crippen LogP contribution in [-0.2, 0) is 12.8 Å². The first-order chi connectivity index (χ1) is 7.03. The van der Waals surface area contributed by atoms with Crippen LogP contribution in [0.25, 0.3) is 0 Å². The van der Waals surface area contributed by atoms with Gasteiger partial charge in [0.05, 0.1) is 0 Å². The summed E-state index contributed by atoms with van der Waals surface area (Å²) in [7, 11) is 0. The van der Waals surface area contributed by atoms with Crippen LogP contribution in [0, 0.1) is 0 Å². The monoisotopic (exact) mass is 205 g/mol. The Morgan fingerprint density at radius 3 is 2.20 bits per heavy atom. The molecule has 0 unspecified atom stereocenters. The summed E-state index contributed by atoms with van der Waals surface area (Å²) in [6.45, 7) is 9.90. The molecule has 0 atom stereocenters. The zero-order chi connectivity index (χ0) is 11.3. The molecule has 15 heavy (non-hydrogen) atoms. The Morgan fingerprint density at radius 2 is 1.67 bits per heavy atom. The van der Waals surface area contributed by atoms with Crippen LogP contribution in [0.15, 0.2) is 24.3 Å². The van der Waals surface area contributed by atoms with E-state index in [0.29, 0.717) is 0 Å².